The summed E-state index contributed by atoms with van der Waals surface area (Å²) in [4.78, 5) is 5.12. The Kier molecular flexibility index (Phi) is 6.35. The predicted molar refractivity (Wildman–Crippen MR) is 176 cm³/mol. The van der Waals surface area contributed by atoms with Crippen molar-refractivity contribution >= 4 is 28.0 Å². The van der Waals surface area contributed by atoms with Crippen LogP contribution in [0.15, 0.2) is 162 Å². The number of benzene rings is 5. The van der Waals surface area contributed by atoms with Gasteiger partial charge in [0, 0.05) is 22.6 Å². The minimum Gasteiger partial charge on any atom is -0.352 e. The molecule has 43 heavy (non-hydrogen) atoms. The van der Waals surface area contributed by atoms with Crippen LogP contribution in [0, 0.1) is 0 Å². The normalized spacial score (nSPS) is 19.9. The van der Waals surface area contributed by atoms with Crippen LogP contribution in [0.1, 0.15) is 29.6 Å². The molecule has 0 spiro atoms. The fourth-order valence-electron chi connectivity index (χ4n) is 6.23. The van der Waals surface area contributed by atoms with Crippen molar-refractivity contribution in [1.29, 1.82) is 0 Å². The fraction of sp³-hybridized carbons (Fsp3) is 0.0789. The van der Waals surface area contributed by atoms with E-state index in [1.807, 2.05) is 18.3 Å². The van der Waals surface area contributed by atoms with Gasteiger partial charge in [0.15, 0.2) is 0 Å². The predicted octanol–water partition coefficient (Wildman–Crippen LogP) is 7.99. The van der Waals surface area contributed by atoms with Gasteiger partial charge in [-0.3, -0.25) is 10.3 Å². The third kappa shape index (κ3) is 4.70. The zero-order valence-corrected chi connectivity index (χ0v) is 23.6. The van der Waals surface area contributed by atoms with E-state index in [1.54, 1.807) is 0 Å². The first-order chi connectivity index (χ1) is 21.3. The van der Waals surface area contributed by atoms with E-state index in [-0.39, 0.29) is 18.5 Å². The smallest absolute Gasteiger partial charge is 0.144 e. The van der Waals surface area contributed by atoms with Crippen LogP contribution >= 0.6 is 0 Å². The van der Waals surface area contributed by atoms with Crippen LogP contribution in [0.25, 0.3) is 32.9 Å². The Morgan fingerprint density at radius 1 is 0.558 bits per heavy atom. The summed E-state index contributed by atoms with van der Waals surface area (Å²) in [5, 5.41) is 13.6. The summed E-state index contributed by atoms with van der Waals surface area (Å²) in [6.07, 6.45) is 6.12. The van der Waals surface area contributed by atoms with Crippen LogP contribution in [0.3, 0.4) is 0 Å². The van der Waals surface area contributed by atoms with Gasteiger partial charge < -0.3 is 15.2 Å². The number of hydrogen-bond acceptors (Lipinski definition) is 4. The van der Waals surface area contributed by atoms with Crippen LogP contribution in [0.4, 0.5) is 0 Å². The number of fused-ring (bicyclic) bond motifs is 3. The average Bonchev–Trinajstić information content (AvgIpc) is 3.43. The molecule has 5 nitrogen and oxygen atoms in total. The van der Waals surface area contributed by atoms with Crippen molar-refractivity contribution in [3.05, 3.63) is 168 Å². The second-order valence-corrected chi connectivity index (χ2v) is 11.0. The molecule has 0 amide bonds. The lowest BCUT2D eigenvalue weighted by molar-refractivity contribution is 0.310. The number of nitrogens with one attached hydrogen (secondary N) is 3. The molecule has 8 rings (SSSR count). The molecule has 0 aliphatic carbocycles. The minimum atomic E-state index is -0.158. The summed E-state index contributed by atoms with van der Waals surface area (Å²) in [6, 6.07) is 46.9. The molecule has 2 aliphatic rings. The number of aliphatic imine (C=N–C) groups is 1. The van der Waals surface area contributed by atoms with E-state index in [0.717, 1.165) is 11.4 Å². The second-order valence-electron chi connectivity index (χ2n) is 11.0. The number of rotatable bonds is 4. The summed E-state index contributed by atoms with van der Waals surface area (Å²) < 4.78 is 2.36. The number of allylic oxidation sites excluding steroid dienone is 2. The topological polar surface area (TPSA) is 53.4 Å². The van der Waals surface area contributed by atoms with E-state index in [2.05, 4.69) is 154 Å². The number of aromatic nitrogens is 1. The Labute approximate surface area is 250 Å². The van der Waals surface area contributed by atoms with Gasteiger partial charge in [-0.2, -0.15) is 0 Å². The van der Waals surface area contributed by atoms with Gasteiger partial charge in [-0.05, 0) is 46.5 Å². The van der Waals surface area contributed by atoms with Crippen LogP contribution in [0.2, 0.25) is 0 Å². The Bertz CT molecular complexity index is 1940. The van der Waals surface area contributed by atoms with E-state index in [0.29, 0.717) is 0 Å². The monoisotopic (exact) mass is 557 g/mol. The molecule has 3 N–H and O–H groups in total. The number of hydrogen-bond donors (Lipinski definition) is 3. The maximum Gasteiger partial charge on any atom is 0.144 e. The minimum absolute atomic E-state index is 0.0524. The molecule has 6 aromatic rings. The maximum atomic E-state index is 5.12. The molecular weight excluding hydrogens is 526 g/mol. The highest BCUT2D eigenvalue weighted by Gasteiger charge is 2.27. The Morgan fingerprint density at radius 2 is 1.16 bits per heavy atom. The zero-order chi connectivity index (χ0) is 28.6. The summed E-state index contributed by atoms with van der Waals surface area (Å²) in [6.45, 7) is 0. The Balaban J connectivity index is 1.18. The maximum absolute atomic E-state index is 5.12. The van der Waals surface area contributed by atoms with Gasteiger partial charge in [0.2, 0.25) is 0 Å². The van der Waals surface area contributed by atoms with Crippen LogP contribution < -0.4 is 16.0 Å². The molecular formula is C38H31N5. The second kappa shape index (κ2) is 10.8. The molecule has 1 saturated heterocycles. The van der Waals surface area contributed by atoms with Crippen molar-refractivity contribution in [1.82, 2.24) is 20.5 Å². The van der Waals surface area contributed by atoms with Gasteiger partial charge in [-0.25, -0.2) is 0 Å². The Morgan fingerprint density at radius 3 is 1.81 bits per heavy atom. The van der Waals surface area contributed by atoms with Crippen molar-refractivity contribution in [2.75, 3.05) is 0 Å². The summed E-state index contributed by atoms with van der Waals surface area (Å²) in [5.41, 5.74) is 8.14. The molecule has 2 aliphatic heterocycles. The number of para-hydroxylation sites is 1. The van der Waals surface area contributed by atoms with E-state index in [1.165, 1.54) is 44.1 Å². The van der Waals surface area contributed by atoms with E-state index >= 15 is 0 Å². The Hall–Kier alpha value is -5.39. The summed E-state index contributed by atoms with van der Waals surface area (Å²) in [5.74, 6) is 0.952. The van der Waals surface area contributed by atoms with Crippen LogP contribution in [-0.2, 0) is 0 Å². The van der Waals surface area contributed by atoms with Crippen LogP contribution in [-0.4, -0.2) is 10.8 Å². The SMILES string of the molecule is C1=CC(n2c3ccccc3c3ccc(-c4ccccc4)cc32)N=CC1=C1NC(c2ccccc2)NC(c2ccccc2)N1. The molecule has 5 aromatic carbocycles. The molecule has 3 heterocycles. The quantitative estimate of drug-likeness (QED) is 0.206. The van der Waals surface area contributed by atoms with Gasteiger partial charge >= 0.3 is 0 Å². The largest absolute Gasteiger partial charge is 0.352 e. The first-order valence-electron chi connectivity index (χ1n) is 14.7. The molecule has 1 aromatic heterocycles. The molecule has 3 unspecified atom stereocenters. The molecule has 5 heteroatoms. The molecule has 3 atom stereocenters. The lowest BCUT2D eigenvalue weighted by Gasteiger charge is -2.37. The highest BCUT2D eigenvalue weighted by atomic mass is 15.3. The summed E-state index contributed by atoms with van der Waals surface area (Å²) >= 11 is 0. The molecule has 208 valence electrons. The van der Waals surface area contributed by atoms with Crippen molar-refractivity contribution in [2.24, 2.45) is 4.99 Å². The van der Waals surface area contributed by atoms with Crippen molar-refractivity contribution in [2.45, 2.75) is 18.5 Å². The highest BCUT2D eigenvalue weighted by Crippen LogP contribution is 2.36. The third-order valence-electron chi connectivity index (χ3n) is 8.36. The van der Waals surface area contributed by atoms with Crippen molar-refractivity contribution < 1.29 is 0 Å². The van der Waals surface area contributed by atoms with Gasteiger partial charge in [-0.1, -0.05) is 121 Å². The van der Waals surface area contributed by atoms with Crippen molar-refractivity contribution in [3.8, 4) is 11.1 Å². The van der Waals surface area contributed by atoms with Gasteiger partial charge in [-0.15, -0.1) is 0 Å². The van der Waals surface area contributed by atoms with Gasteiger partial charge in [0.1, 0.15) is 24.3 Å². The average molecular weight is 558 g/mol. The summed E-state index contributed by atoms with van der Waals surface area (Å²) in [7, 11) is 0. The first kappa shape index (κ1) is 25.3. The molecule has 0 radical (unpaired) electrons. The molecule has 1 fully saturated rings. The molecule has 0 saturated carbocycles. The van der Waals surface area contributed by atoms with E-state index in [9.17, 15) is 0 Å². The fourth-order valence-corrected chi connectivity index (χ4v) is 6.23. The number of nitrogens with zero attached hydrogens (tertiary/aromatic N) is 2. The van der Waals surface area contributed by atoms with E-state index < -0.39 is 0 Å². The van der Waals surface area contributed by atoms with Crippen molar-refractivity contribution in [3.63, 3.8) is 0 Å². The van der Waals surface area contributed by atoms with Gasteiger partial charge in [0.05, 0.1) is 11.0 Å². The van der Waals surface area contributed by atoms with Crippen LogP contribution in [0.5, 0.6) is 0 Å². The standard InChI is InChI=1S/C38H31N5/c1-4-12-26(13-5-1)29-20-22-32-31-18-10-11-19-33(31)43(34(32)24-29)35-23-21-30(25-39-35)38-41-36(27-14-6-2-7-15-27)40-37(42-38)28-16-8-3-9-17-28/h1-25,35-37,40-42H. The number of dihydropyridines is 1. The molecule has 0 bridgehead atoms. The van der Waals surface area contributed by atoms with E-state index in [4.69, 9.17) is 4.99 Å². The lowest BCUT2D eigenvalue weighted by Crippen LogP contribution is -2.51. The third-order valence-corrected chi connectivity index (χ3v) is 8.36. The zero-order valence-electron chi connectivity index (χ0n) is 23.6. The van der Waals surface area contributed by atoms with Gasteiger partial charge in [0.25, 0.3) is 0 Å². The first-order valence-corrected chi connectivity index (χ1v) is 14.7. The lowest BCUT2D eigenvalue weighted by atomic mass is 10.0. The highest BCUT2D eigenvalue weighted by molar-refractivity contribution is 6.09.